The Morgan fingerprint density at radius 1 is 0.136 bits per heavy atom. The SMILES string of the molecule is C/C=C\c1ccccc1.Cc1c2ccccc2cc2ccccc12.Cc1ccc(-c2cccc3ccccc23)c2ccccc12.Cc1ccc(-c2ccccc2)cc1.Cc1ccc(/C=C/c2ccccc2)cc1.Cc1ccc2c(ccc3ccccc32)c1.Cc1ccc2cc3ccccc3cc2c1.Cc1ccc2ccccc2c1.Cc1cccc2cc3ccccc3cc12.Cc1cccc2ccccc12. The molecule has 0 amide bonds. The Labute approximate surface area is 827 Å². The van der Waals surface area contributed by atoms with Gasteiger partial charge in [0.1, 0.15) is 0 Å². The summed E-state index contributed by atoms with van der Waals surface area (Å²) in [5.41, 5.74) is 20.9. The first-order valence-corrected chi connectivity index (χ1v) is 48.6. The van der Waals surface area contributed by atoms with Crippen LogP contribution in [0.25, 0.3) is 170 Å². The third kappa shape index (κ3) is 25.6. The predicted octanol–water partition coefficient (Wildman–Crippen LogP) is 40.0. The molecule has 0 heteroatoms. The van der Waals surface area contributed by atoms with Crippen LogP contribution in [0.3, 0.4) is 0 Å². The molecular weight excluding hydrogens is 1680 g/mol. The molecule has 25 rings (SSSR count). The van der Waals surface area contributed by atoms with Gasteiger partial charge in [0.05, 0.1) is 0 Å². The van der Waals surface area contributed by atoms with Crippen LogP contribution in [-0.2, 0) is 0 Å². The lowest BCUT2D eigenvalue weighted by molar-refractivity contribution is 1.46. The van der Waals surface area contributed by atoms with Crippen LogP contribution < -0.4 is 0 Å². The first-order valence-electron chi connectivity index (χ1n) is 48.6. The summed E-state index contributed by atoms with van der Waals surface area (Å²) < 4.78 is 0. The third-order valence-electron chi connectivity index (χ3n) is 25.6. The van der Waals surface area contributed by atoms with Gasteiger partial charge in [-0.25, -0.2) is 0 Å². The lowest BCUT2D eigenvalue weighted by Crippen LogP contribution is -1.86. The zero-order valence-electron chi connectivity index (χ0n) is 82.0. The van der Waals surface area contributed by atoms with Gasteiger partial charge in [0.15, 0.2) is 0 Å². The molecule has 0 heterocycles. The Bertz CT molecular complexity index is 8370. The minimum absolute atomic E-state index is 1.23. The Morgan fingerprint density at radius 2 is 0.429 bits per heavy atom. The van der Waals surface area contributed by atoms with Gasteiger partial charge in [0.25, 0.3) is 0 Å². The molecule has 25 aromatic rings. The second-order valence-corrected chi connectivity index (χ2v) is 35.9. The van der Waals surface area contributed by atoms with E-state index in [4.69, 9.17) is 0 Å². The van der Waals surface area contributed by atoms with Crippen molar-refractivity contribution in [3.05, 3.63) is 595 Å². The second-order valence-electron chi connectivity index (χ2n) is 35.9. The quantitative estimate of drug-likeness (QED) is 0.0915. The highest BCUT2D eigenvalue weighted by atomic mass is 14.1. The number of hydrogen-bond donors (Lipinski definition) is 0. The molecule has 140 heavy (non-hydrogen) atoms. The number of rotatable bonds is 5. The topological polar surface area (TPSA) is 0 Å². The number of fused-ring (bicyclic) bond motifs is 13. The average molecular weight is 1800 g/mol. The van der Waals surface area contributed by atoms with E-state index >= 15 is 0 Å². The first-order chi connectivity index (χ1) is 68.6. The van der Waals surface area contributed by atoms with Gasteiger partial charge in [-0.2, -0.15) is 0 Å². The highest BCUT2D eigenvalue weighted by molar-refractivity contribution is 6.09. The summed E-state index contributed by atoms with van der Waals surface area (Å²) in [5, 5.41) is 31.9. The summed E-state index contributed by atoms with van der Waals surface area (Å²) in [7, 11) is 0. The average Bonchev–Trinajstić information content (AvgIpc) is 0.789. The van der Waals surface area contributed by atoms with Crippen molar-refractivity contribution in [3.8, 4) is 22.3 Å². The predicted molar refractivity (Wildman–Crippen MR) is 618 cm³/mol. The van der Waals surface area contributed by atoms with Gasteiger partial charge in [-0.1, -0.05) is 543 Å². The van der Waals surface area contributed by atoms with Gasteiger partial charge < -0.3 is 0 Å². The minimum Gasteiger partial charge on any atom is -0.0871 e. The minimum atomic E-state index is 1.23. The smallest absolute Gasteiger partial charge is 0.00990 e. The van der Waals surface area contributed by atoms with Crippen molar-refractivity contribution in [2.24, 2.45) is 0 Å². The molecule has 0 saturated heterocycles. The zero-order valence-corrected chi connectivity index (χ0v) is 82.0. The van der Waals surface area contributed by atoms with Gasteiger partial charge in [-0.05, 0) is 290 Å². The summed E-state index contributed by atoms with van der Waals surface area (Å²) in [6.07, 6.45) is 8.38. The van der Waals surface area contributed by atoms with E-state index < -0.39 is 0 Å². The third-order valence-corrected chi connectivity index (χ3v) is 25.6. The van der Waals surface area contributed by atoms with Crippen LogP contribution in [0.5, 0.6) is 0 Å². The largest absolute Gasteiger partial charge is 0.0871 e. The number of allylic oxidation sites excluding steroid dienone is 1. The van der Waals surface area contributed by atoms with E-state index in [-0.39, 0.29) is 0 Å². The highest BCUT2D eigenvalue weighted by Gasteiger charge is 2.11. The molecule has 0 nitrogen and oxygen atoms in total. The standard InChI is InChI=1S/C21H16.4C15H12.C15H14.C13H12.2C11H10.C9H10/c1-15-13-14-21(19-11-5-4-9-17(15)19)20-12-6-8-16-7-2-3-10-18(16)20;1-11-14-8-4-2-6-12(14)10-13-7-3-5-9-15(11)13;1-11-5-4-8-14-9-12-6-2-3-7-13(12)10-15(11)14;1-11-6-9-15-13(10-11)8-7-12-4-2-3-5-14(12)15;1-11-6-7-14-9-12-4-2-3-5-13(12)10-15(14)8-11;1-13-7-9-15(10-8-13)12-11-14-5-3-2-4-6-14;1-11-7-9-13(10-8-11)12-5-3-2-4-6-12;1-9-5-4-7-10-6-2-3-8-11(9)10;1-9-6-7-10-4-2-3-5-11(10)8-9;1-2-6-9-7-4-3-5-8-9/h2-14H,1H3;4*2-10H,1H3;2-12H,1H3;2-10H,1H3;2*2-8H,1H3;2-8H,1H3/b;;;;;12-11+;;;;6-2-. The molecule has 0 spiro atoms. The van der Waals surface area contributed by atoms with Crippen molar-refractivity contribution in [3.63, 3.8) is 0 Å². The van der Waals surface area contributed by atoms with E-state index in [1.54, 1.807) is 0 Å². The highest BCUT2D eigenvalue weighted by Crippen LogP contribution is 2.37. The lowest BCUT2D eigenvalue weighted by Gasteiger charge is -2.11. The number of benzene rings is 25. The van der Waals surface area contributed by atoms with E-state index in [2.05, 4.69) is 572 Å². The molecule has 680 valence electrons. The number of aryl methyl sites for hydroxylation is 9. The second kappa shape index (κ2) is 48.0. The van der Waals surface area contributed by atoms with Crippen LogP contribution >= 0.6 is 0 Å². The summed E-state index contributed by atoms with van der Waals surface area (Å²) in [4.78, 5) is 0. The van der Waals surface area contributed by atoms with E-state index in [0.29, 0.717) is 0 Å². The fourth-order valence-electron chi connectivity index (χ4n) is 18.0. The van der Waals surface area contributed by atoms with Crippen molar-refractivity contribution < 1.29 is 0 Å². The van der Waals surface area contributed by atoms with Gasteiger partial charge in [0.2, 0.25) is 0 Å². The van der Waals surface area contributed by atoms with Gasteiger partial charge in [-0.15, -0.1) is 0 Å². The molecule has 0 aliphatic carbocycles. The van der Waals surface area contributed by atoms with Gasteiger partial charge >= 0.3 is 0 Å². The van der Waals surface area contributed by atoms with Crippen molar-refractivity contribution >= 4 is 147 Å². The molecule has 0 saturated carbocycles. The molecule has 0 aliphatic heterocycles. The molecule has 0 atom stereocenters. The molecule has 0 unspecified atom stereocenters. The lowest BCUT2D eigenvalue weighted by atomic mass is 9.92. The Kier molecular flexibility index (Phi) is 33.0. The molecule has 0 bridgehead atoms. The first kappa shape index (κ1) is 96.2. The van der Waals surface area contributed by atoms with Crippen LogP contribution in [0.4, 0.5) is 0 Å². The fraction of sp³-hybridized carbons (Fsp3) is 0.0714. The molecular formula is C140H120. The Hall–Kier alpha value is -16.9. The molecule has 0 aliphatic rings. The monoisotopic (exact) mass is 1800 g/mol. The summed E-state index contributed by atoms with van der Waals surface area (Å²) in [6.45, 7) is 21.3. The van der Waals surface area contributed by atoms with Gasteiger partial charge in [-0.3, -0.25) is 0 Å². The van der Waals surface area contributed by atoms with Crippen molar-refractivity contribution in [2.75, 3.05) is 0 Å². The Morgan fingerprint density at radius 3 is 0.986 bits per heavy atom. The van der Waals surface area contributed by atoms with E-state index in [0.717, 1.165) is 0 Å². The van der Waals surface area contributed by atoms with Crippen LogP contribution in [0, 0.1) is 62.3 Å². The fourth-order valence-corrected chi connectivity index (χ4v) is 18.0. The maximum absolute atomic E-state index is 2.28. The normalized spacial score (nSPS) is 10.7. The maximum atomic E-state index is 2.28. The molecule has 25 aromatic carbocycles. The maximum Gasteiger partial charge on any atom is -0.00990 e. The summed E-state index contributed by atoms with van der Waals surface area (Å²) in [6, 6.07) is 184. The van der Waals surface area contributed by atoms with Crippen LogP contribution in [0.1, 0.15) is 73.7 Å². The van der Waals surface area contributed by atoms with Gasteiger partial charge in [0, 0.05) is 0 Å². The Balaban J connectivity index is 0.000000113. The van der Waals surface area contributed by atoms with E-state index in [1.165, 1.54) is 218 Å². The molecule has 0 N–H and O–H groups in total. The van der Waals surface area contributed by atoms with Crippen molar-refractivity contribution in [1.82, 2.24) is 0 Å². The zero-order chi connectivity index (χ0) is 96.7. The summed E-state index contributed by atoms with van der Waals surface area (Å²) in [5.74, 6) is 0. The van der Waals surface area contributed by atoms with E-state index in [9.17, 15) is 0 Å². The van der Waals surface area contributed by atoms with Crippen molar-refractivity contribution in [1.29, 1.82) is 0 Å². The van der Waals surface area contributed by atoms with Crippen molar-refractivity contribution in [2.45, 2.75) is 69.2 Å². The summed E-state index contributed by atoms with van der Waals surface area (Å²) >= 11 is 0. The molecule has 0 radical (unpaired) electrons. The van der Waals surface area contributed by atoms with E-state index in [1.807, 2.05) is 43.3 Å². The molecule has 0 aromatic heterocycles. The van der Waals surface area contributed by atoms with Crippen LogP contribution in [0.15, 0.2) is 528 Å². The van der Waals surface area contributed by atoms with Crippen LogP contribution in [0.2, 0.25) is 0 Å². The molecule has 0 fully saturated rings. The van der Waals surface area contributed by atoms with Crippen LogP contribution in [-0.4, -0.2) is 0 Å². The number of hydrogen-bond acceptors (Lipinski definition) is 0.